The van der Waals surface area contributed by atoms with Crippen molar-refractivity contribution in [3.05, 3.63) is 71.9 Å². The Morgan fingerprint density at radius 2 is 1.82 bits per heavy atom. The maximum Gasteiger partial charge on any atom is 0.335 e. The van der Waals surface area contributed by atoms with Crippen LogP contribution in [0.15, 0.2) is 54.7 Å². The molecule has 1 aliphatic heterocycles. The minimum Gasteiger partial charge on any atom is -0.478 e. The van der Waals surface area contributed by atoms with Crippen molar-refractivity contribution >= 4 is 45.3 Å². The summed E-state index contributed by atoms with van der Waals surface area (Å²) < 4.78 is 30.2. The van der Waals surface area contributed by atoms with Crippen LogP contribution in [0.2, 0.25) is 0 Å². The molecule has 34 heavy (non-hydrogen) atoms. The summed E-state index contributed by atoms with van der Waals surface area (Å²) in [4.78, 5) is 15.2. The smallest absolute Gasteiger partial charge is 0.335 e. The quantitative estimate of drug-likeness (QED) is 0.363. The number of nitrogens with zero attached hydrogens (tertiary/aromatic N) is 3. The Morgan fingerprint density at radius 3 is 2.50 bits per heavy atom. The van der Waals surface area contributed by atoms with E-state index in [2.05, 4.69) is 15.5 Å². The molecular weight excluding hydrogens is 440 g/mol. The van der Waals surface area contributed by atoms with Gasteiger partial charge in [-0.1, -0.05) is 0 Å². The van der Waals surface area contributed by atoms with Gasteiger partial charge in [-0.25, -0.2) is 13.6 Å². The van der Waals surface area contributed by atoms with Crippen LogP contribution in [0.4, 0.5) is 37.2 Å². The summed E-state index contributed by atoms with van der Waals surface area (Å²) in [5.74, 6) is -1.87. The van der Waals surface area contributed by atoms with Crippen molar-refractivity contribution in [1.82, 2.24) is 10.2 Å². The molecule has 1 aromatic heterocycles. The number of halogens is 2. The summed E-state index contributed by atoms with van der Waals surface area (Å²) in [6.07, 6.45) is 1.56. The number of fused-ring (bicyclic) bond motifs is 2. The molecule has 1 aliphatic rings. The average Bonchev–Trinajstić information content (AvgIpc) is 3.28. The van der Waals surface area contributed by atoms with Crippen LogP contribution in [0.5, 0.6) is 0 Å². The highest BCUT2D eigenvalue weighted by Gasteiger charge is 2.41. The van der Waals surface area contributed by atoms with Gasteiger partial charge in [0.15, 0.2) is 5.82 Å². The van der Waals surface area contributed by atoms with Crippen molar-refractivity contribution < 1.29 is 18.7 Å². The number of benzene rings is 3. The third kappa shape index (κ3) is 3.32. The van der Waals surface area contributed by atoms with E-state index in [1.54, 1.807) is 37.5 Å². The number of anilines is 5. The Kier molecular flexibility index (Phi) is 4.93. The number of hydrogen-bond acceptors (Lipinski definition) is 5. The topological polar surface area (TPSA) is 84.5 Å². The summed E-state index contributed by atoms with van der Waals surface area (Å²) in [5, 5.41) is 19.5. The van der Waals surface area contributed by atoms with E-state index >= 15 is 4.39 Å². The number of nitrogens with one attached hydrogen (secondary N) is 2. The largest absolute Gasteiger partial charge is 0.478 e. The predicted octanol–water partition coefficient (Wildman–Crippen LogP) is 5.65. The maximum absolute atomic E-state index is 16.0. The van der Waals surface area contributed by atoms with Gasteiger partial charge in [0, 0.05) is 30.4 Å². The number of carboxylic acids is 1. The molecule has 3 N–H and O–H groups in total. The lowest BCUT2D eigenvalue weighted by molar-refractivity contribution is 0.0697. The molecule has 0 amide bonds. The Morgan fingerprint density at radius 1 is 1.12 bits per heavy atom. The lowest BCUT2D eigenvalue weighted by Gasteiger charge is -2.50. The molecule has 0 fully saturated rings. The number of carbonyl (C=O) groups is 1. The van der Waals surface area contributed by atoms with Crippen LogP contribution >= 0.6 is 0 Å². The minimum atomic E-state index is -1.03. The van der Waals surface area contributed by atoms with Gasteiger partial charge in [0.25, 0.3) is 0 Å². The van der Waals surface area contributed by atoms with E-state index in [1.807, 2.05) is 29.7 Å². The molecule has 0 bridgehead atoms. The number of aromatic carboxylic acids is 1. The zero-order chi connectivity index (χ0) is 24.2. The first-order chi connectivity index (χ1) is 16.2. The van der Waals surface area contributed by atoms with Crippen molar-refractivity contribution in [3.8, 4) is 0 Å². The first-order valence-corrected chi connectivity index (χ1v) is 10.8. The van der Waals surface area contributed by atoms with E-state index in [0.717, 1.165) is 0 Å². The number of rotatable bonds is 4. The minimum absolute atomic E-state index is 0.150. The first kappa shape index (κ1) is 21.7. The van der Waals surface area contributed by atoms with Crippen LogP contribution in [0.3, 0.4) is 0 Å². The van der Waals surface area contributed by atoms with E-state index in [0.29, 0.717) is 40.4 Å². The standard InChI is InChI=1S/C25H23F2N5O2/c1-25(2)13-31(16-6-4-14(5-7-16)24(33)34)23-20(10-15-12-29-30-22(15)21(23)27)32(25)17-8-9-18(26)19(11-17)28-3/h4-12,28H,13H2,1-3H3,(H,29,30)(H,33,34). The monoisotopic (exact) mass is 463 g/mol. The number of hydrogen-bond donors (Lipinski definition) is 3. The molecule has 2 heterocycles. The number of aromatic amines is 1. The van der Waals surface area contributed by atoms with Crippen molar-refractivity contribution in [2.75, 3.05) is 28.7 Å². The molecule has 0 spiro atoms. The number of aromatic nitrogens is 2. The Balaban J connectivity index is 1.75. The number of H-pyrrole nitrogens is 1. The molecule has 0 atom stereocenters. The zero-order valence-electron chi connectivity index (χ0n) is 18.9. The Hall–Kier alpha value is -4.14. The normalized spacial score (nSPS) is 14.9. The van der Waals surface area contributed by atoms with E-state index < -0.39 is 17.3 Å². The maximum atomic E-state index is 16.0. The highest BCUT2D eigenvalue weighted by molar-refractivity contribution is 5.97. The molecule has 0 unspecified atom stereocenters. The van der Waals surface area contributed by atoms with Crippen LogP contribution in [0, 0.1) is 11.6 Å². The van der Waals surface area contributed by atoms with Gasteiger partial charge in [-0.15, -0.1) is 0 Å². The van der Waals surface area contributed by atoms with Crippen molar-refractivity contribution in [3.63, 3.8) is 0 Å². The number of carboxylic acid groups (broad SMARTS) is 1. The molecule has 0 aliphatic carbocycles. The van der Waals surface area contributed by atoms with Crippen LogP contribution in [-0.4, -0.2) is 40.4 Å². The molecule has 0 saturated carbocycles. The van der Waals surface area contributed by atoms with Gasteiger partial charge in [0.05, 0.1) is 28.7 Å². The second kappa shape index (κ2) is 7.72. The fourth-order valence-corrected chi connectivity index (χ4v) is 4.65. The van der Waals surface area contributed by atoms with Gasteiger partial charge < -0.3 is 20.2 Å². The highest BCUT2D eigenvalue weighted by Crippen LogP contribution is 2.50. The highest BCUT2D eigenvalue weighted by atomic mass is 19.1. The fourth-order valence-electron chi connectivity index (χ4n) is 4.65. The fraction of sp³-hybridized carbons (Fsp3) is 0.200. The lowest BCUT2D eigenvalue weighted by atomic mass is 9.93. The van der Waals surface area contributed by atoms with Crippen molar-refractivity contribution in [1.29, 1.82) is 0 Å². The van der Waals surface area contributed by atoms with E-state index in [9.17, 15) is 14.3 Å². The van der Waals surface area contributed by atoms with Crippen LogP contribution in [0.1, 0.15) is 24.2 Å². The summed E-state index contributed by atoms with van der Waals surface area (Å²) in [5.41, 5.74) is 2.51. The van der Waals surface area contributed by atoms with Gasteiger partial charge in [-0.05, 0) is 62.4 Å². The SMILES string of the molecule is CNc1cc(N2c3cc4cn[nH]c4c(F)c3N(c3ccc(C(=O)O)cc3)CC2(C)C)ccc1F. The zero-order valence-corrected chi connectivity index (χ0v) is 18.9. The third-order valence-corrected chi connectivity index (χ3v) is 6.20. The molecule has 7 nitrogen and oxygen atoms in total. The van der Waals surface area contributed by atoms with Gasteiger partial charge in [-0.3, -0.25) is 5.10 Å². The van der Waals surface area contributed by atoms with Gasteiger partial charge in [-0.2, -0.15) is 5.10 Å². The summed E-state index contributed by atoms with van der Waals surface area (Å²) in [7, 11) is 1.65. The van der Waals surface area contributed by atoms with Crippen molar-refractivity contribution in [2.24, 2.45) is 0 Å². The van der Waals surface area contributed by atoms with Crippen LogP contribution in [-0.2, 0) is 0 Å². The molecule has 3 aromatic carbocycles. The molecule has 4 aromatic rings. The van der Waals surface area contributed by atoms with Gasteiger partial charge in [0.1, 0.15) is 17.0 Å². The molecule has 174 valence electrons. The van der Waals surface area contributed by atoms with Crippen LogP contribution < -0.4 is 15.1 Å². The van der Waals surface area contributed by atoms with E-state index in [1.165, 1.54) is 18.2 Å². The summed E-state index contributed by atoms with van der Waals surface area (Å²) in [6.45, 7) is 4.43. The average molecular weight is 463 g/mol. The predicted molar refractivity (Wildman–Crippen MR) is 129 cm³/mol. The molecule has 9 heteroatoms. The summed E-state index contributed by atoms with van der Waals surface area (Å²) in [6, 6.07) is 13.0. The van der Waals surface area contributed by atoms with E-state index in [-0.39, 0.29) is 16.9 Å². The summed E-state index contributed by atoms with van der Waals surface area (Å²) >= 11 is 0. The Bertz CT molecular complexity index is 1420. The molecule has 0 radical (unpaired) electrons. The lowest BCUT2D eigenvalue weighted by Crippen LogP contribution is -2.53. The second-order valence-corrected chi connectivity index (χ2v) is 8.89. The third-order valence-electron chi connectivity index (χ3n) is 6.20. The molecule has 5 rings (SSSR count). The van der Waals surface area contributed by atoms with E-state index in [4.69, 9.17) is 0 Å². The molecular formula is C25H23F2N5O2. The van der Waals surface area contributed by atoms with Crippen LogP contribution in [0.25, 0.3) is 10.9 Å². The first-order valence-electron chi connectivity index (χ1n) is 10.8. The second-order valence-electron chi connectivity index (χ2n) is 8.89. The van der Waals surface area contributed by atoms with Gasteiger partial charge in [0.2, 0.25) is 0 Å². The van der Waals surface area contributed by atoms with Gasteiger partial charge >= 0.3 is 5.97 Å². The molecule has 0 saturated heterocycles. The Labute approximate surface area is 194 Å². The van der Waals surface area contributed by atoms with Crippen molar-refractivity contribution in [2.45, 2.75) is 19.4 Å².